The lowest BCUT2D eigenvalue weighted by molar-refractivity contribution is -0.141. The van der Waals surface area contributed by atoms with Gasteiger partial charge in [-0.3, -0.25) is 9.59 Å². The fourth-order valence-corrected chi connectivity index (χ4v) is 2.29. The molecule has 0 bridgehead atoms. The second kappa shape index (κ2) is 7.88. The monoisotopic (exact) mass is 312 g/mol. The first-order valence-electron chi connectivity index (χ1n) is 6.90. The third-order valence-corrected chi connectivity index (χ3v) is 3.66. The van der Waals surface area contributed by atoms with Crippen LogP contribution in [0.25, 0.3) is 0 Å². The van der Waals surface area contributed by atoms with Crippen molar-refractivity contribution in [2.24, 2.45) is 11.7 Å². The zero-order chi connectivity index (χ0) is 16.0. The van der Waals surface area contributed by atoms with Crippen LogP contribution in [0.1, 0.15) is 43.5 Å². The van der Waals surface area contributed by atoms with E-state index in [1.165, 1.54) is 0 Å². The van der Waals surface area contributed by atoms with Crippen LogP contribution in [0.15, 0.2) is 18.2 Å². The van der Waals surface area contributed by atoms with Gasteiger partial charge >= 0.3 is 5.97 Å². The quantitative estimate of drug-likeness (QED) is 0.687. The molecule has 0 saturated carbocycles. The van der Waals surface area contributed by atoms with Crippen LogP contribution >= 0.6 is 11.6 Å². The Bertz CT molecular complexity index is 520. The van der Waals surface area contributed by atoms with E-state index >= 15 is 0 Å². The molecule has 0 aliphatic carbocycles. The Balaban J connectivity index is 2.48. The Morgan fingerprint density at radius 3 is 2.52 bits per heavy atom. The molecule has 1 aromatic rings. The molecule has 5 nitrogen and oxygen atoms in total. The van der Waals surface area contributed by atoms with E-state index in [1.807, 2.05) is 6.92 Å². The second-order valence-corrected chi connectivity index (χ2v) is 5.68. The number of benzene rings is 1. The van der Waals surface area contributed by atoms with Gasteiger partial charge in [0, 0.05) is 11.7 Å². The molecule has 0 aromatic heterocycles. The lowest BCUT2D eigenvalue weighted by Crippen LogP contribution is -2.17. The van der Waals surface area contributed by atoms with E-state index in [0.29, 0.717) is 17.0 Å². The Morgan fingerprint density at radius 1 is 1.33 bits per heavy atom. The van der Waals surface area contributed by atoms with E-state index < -0.39 is 11.9 Å². The Morgan fingerprint density at radius 2 is 2.00 bits per heavy atom. The molecular weight excluding hydrogens is 292 g/mol. The van der Waals surface area contributed by atoms with Gasteiger partial charge in [-0.15, -0.1) is 0 Å². The standard InChI is InChI=1S/C15H21ClN2O3/c1-9(15(20)21)4-3-5-10(2)18-11-6-7-12(14(17)19)13(16)8-11/h6-10,18H,3-5H2,1-2H3,(H2,17,19)(H,20,21). The van der Waals surface area contributed by atoms with E-state index in [-0.39, 0.29) is 12.0 Å². The molecule has 2 atom stereocenters. The van der Waals surface area contributed by atoms with Crippen molar-refractivity contribution in [2.45, 2.75) is 39.2 Å². The number of carboxylic acid groups (broad SMARTS) is 1. The SMILES string of the molecule is CC(CCCC(C)C(=O)O)Nc1ccc(C(N)=O)c(Cl)c1. The minimum Gasteiger partial charge on any atom is -0.481 e. The highest BCUT2D eigenvalue weighted by atomic mass is 35.5. The van der Waals surface area contributed by atoms with E-state index in [9.17, 15) is 9.59 Å². The number of anilines is 1. The zero-order valence-corrected chi connectivity index (χ0v) is 13.0. The van der Waals surface area contributed by atoms with Gasteiger partial charge in [-0.25, -0.2) is 0 Å². The third-order valence-electron chi connectivity index (χ3n) is 3.34. The Hall–Kier alpha value is -1.75. The summed E-state index contributed by atoms with van der Waals surface area (Å²) in [5.74, 6) is -1.63. The number of primary amides is 1. The van der Waals surface area contributed by atoms with Crippen molar-refractivity contribution in [3.05, 3.63) is 28.8 Å². The number of hydrogen-bond acceptors (Lipinski definition) is 3. The number of nitrogens with one attached hydrogen (secondary N) is 1. The molecule has 1 aromatic carbocycles. The van der Waals surface area contributed by atoms with E-state index in [2.05, 4.69) is 5.32 Å². The largest absolute Gasteiger partial charge is 0.481 e. The van der Waals surface area contributed by atoms with Crippen LogP contribution in [0, 0.1) is 5.92 Å². The summed E-state index contributed by atoms with van der Waals surface area (Å²) in [6, 6.07) is 5.19. The van der Waals surface area contributed by atoms with Gasteiger partial charge in [-0.1, -0.05) is 24.9 Å². The highest BCUT2D eigenvalue weighted by Gasteiger charge is 2.12. The van der Waals surface area contributed by atoms with Gasteiger partial charge in [-0.2, -0.15) is 0 Å². The zero-order valence-electron chi connectivity index (χ0n) is 12.2. The maximum Gasteiger partial charge on any atom is 0.306 e. The second-order valence-electron chi connectivity index (χ2n) is 5.27. The molecule has 0 aliphatic rings. The molecule has 0 fully saturated rings. The van der Waals surface area contributed by atoms with E-state index in [1.54, 1.807) is 25.1 Å². The van der Waals surface area contributed by atoms with Crippen LogP contribution in [0.5, 0.6) is 0 Å². The number of aliphatic carboxylic acids is 1. The summed E-state index contributed by atoms with van der Waals surface area (Å²) in [6.45, 7) is 3.73. The number of amides is 1. The average molecular weight is 313 g/mol. The van der Waals surface area contributed by atoms with Crippen LogP contribution in [0.4, 0.5) is 5.69 Å². The van der Waals surface area contributed by atoms with Crippen molar-refractivity contribution < 1.29 is 14.7 Å². The number of halogens is 1. The molecular formula is C15H21ClN2O3. The van der Waals surface area contributed by atoms with Gasteiger partial charge < -0.3 is 16.2 Å². The first-order chi connectivity index (χ1) is 9.81. The van der Waals surface area contributed by atoms with Crippen molar-refractivity contribution in [3.63, 3.8) is 0 Å². The van der Waals surface area contributed by atoms with Crippen molar-refractivity contribution in [1.29, 1.82) is 0 Å². The summed E-state index contributed by atoms with van der Waals surface area (Å²) in [4.78, 5) is 21.8. The molecule has 1 rings (SSSR count). The molecule has 1 amide bonds. The summed E-state index contributed by atoms with van der Waals surface area (Å²) in [5.41, 5.74) is 6.30. The fraction of sp³-hybridized carbons (Fsp3) is 0.467. The minimum absolute atomic E-state index is 0.182. The Labute approximate surface area is 129 Å². The van der Waals surface area contributed by atoms with Gasteiger partial charge in [-0.05, 0) is 38.0 Å². The summed E-state index contributed by atoms with van der Waals surface area (Å²) in [6.07, 6.45) is 2.34. The molecule has 0 heterocycles. The molecule has 0 aliphatic heterocycles. The Kier molecular flexibility index (Phi) is 6.49. The predicted molar refractivity (Wildman–Crippen MR) is 83.7 cm³/mol. The van der Waals surface area contributed by atoms with Gasteiger partial charge in [0.2, 0.25) is 5.91 Å². The fourth-order valence-electron chi connectivity index (χ4n) is 2.02. The number of hydrogen-bond donors (Lipinski definition) is 3. The lowest BCUT2D eigenvalue weighted by Gasteiger charge is -2.16. The van der Waals surface area contributed by atoms with Crippen molar-refractivity contribution in [1.82, 2.24) is 0 Å². The highest BCUT2D eigenvalue weighted by molar-refractivity contribution is 6.34. The molecule has 0 spiro atoms. The molecule has 2 unspecified atom stereocenters. The third kappa shape index (κ3) is 5.63. The summed E-state index contributed by atoms with van der Waals surface area (Å²) >= 11 is 5.98. The van der Waals surface area contributed by atoms with Gasteiger partial charge in [0.05, 0.1) is 16.5 Å². The van der Waals surface area contributed by atoms with Gasteiger partial charge in [0.1, 0.15) is 0 Å². The number of nitrogens with two attached hydrogens (primary N) is 1. The molecule has 0 radical (unpaired) electrons. The molecule has 0 saturated heterocycles. The van der Waals surface area contributed by atoms with Crippen LogP contribution in [0.2, 0.25) is 5.02 Å². The average Bonchev–Trinajstić information content (AvgIpc) is 2.37. The van der Waals surface area contributed by atoms with Crippen LogP contribution < -0.4 is 11.1 Å². The minimum atomic E-state index is -0.760. The van der Waals surface area contributed by atoms with Crippen LogP contribution in [0.3, 0.4) is 0 Å². The first-order valence-corrected chi connectivity index (χ1v) is 7.27. The number of carbonyl (C=O) groups is 2. The summed E-state index contributed by atoms with van der Waals surface area (Å²) in [5, 5.41) is 12.4. The maximum absolute atomic E-state index is 11.1. The van der Waals surface area contributed by atoms with Crippen molar-refractivity contribution in [2.75, 3.05) is 5.32 Å². The van der Waals surface area contributed by atoms with Gasteiger partial charge in [0.15, 0.2) is 0 Å². The number of carboxylic acids is 1. The maximum atomic E-state index is 11.1. The molecule has 21 heavy (non-hydrogen) atoms. The van der Waals surface area contributed by atoms with Crippen molar-refractivity contribution >= 4 is 29.2 Å². The molecule has 6 heteroatoms. The number of carbonyl (C=O) groups excluding carboxylic acids is 1. The topological polar surface area (TPSA) is 92.4 Å². The smallest absolute Gasteiger partial charge is 0.306 e. The van der Waals surface area contributed by atoms with Gasteiger partial charge in [0.25, 0.3) is 0 Å². The summed E-state index contributed by atoms with van der Waals surface area (Å²) in [7, 11) is 0. The highest BCUT2D eigenvalue weighted by Crippen LogP contribution is 2.22. The normalized spacial score (nSPS) is 13.5. The predicted octanol–water partition coefficient (Wildman–Crippen LogP) is 3.13. The lowest BCUT2D eigenvalue weighted by atomic mass is 10.0. The van der Waals surface area contributed by atoms with E-state index in [4.69, 9.17) is 22.4 Å². The van der Waals surface area contributed by atoms with Crippen molar-refractivity contribution in [3.8, 4) is 0 Å². The first kappa shape index (κ1) is 17.3. The summed E-state index contributed by atoms with van der Waals surface area (Å²) < 4.78 is 0. The van der Waals surface area contributed by atoms with Crippen LogP contribution in [-0.4, -0.2) is 23.0 Å². The van der Waals surface area contributed by atoms with Crippen LogP contribution in [-0.2, 0) is 4.79 Å². The molecule has 116 valence electrons. The number of rotatable bonds is 8. The molecule has 4 N–H and O–H groups in total. The van der Waals surface area contributed by atoms with E-state index in [0.717, 1.165) is 18.5 Å².